The minimum atomic E-state index is -1.22. The zero-order valence-electron chi connectivity index (χ0n) is 17.4. The van der Waals surface area contributed by atoms with E-state index in [1.165, 1.54) is 6.08 Å². The molecule has 0 fully saturated rings. The van der Waals surface area contributed by atoms with Gasteiger partial charge in [-0.3, -0.25) is 19.9 Å². The summed E-state index contributed by atoms with van der Waals surface area (Å²) in [4.78, 5) is 41.6. The Kier molecular flexibility index (Phi) is 7.32. The second-order valence-corrected chi connectivity index (χ2v) is 6.68. The minimum Gasteiger partial charge on any atom is -0.465 e. The van der Waals surface area contributed by atoms with Crippen LogP contribution in [0.4, 0.5) is 21.9 Å². The number of hydrogen-bond donors (Lipinski definition) is 3. The molecule has 0 saturated carbocycles. The molecule has 8 nitrogen and oxygen atoms in total. The average molecular weight is 430 g/mol. The molecule has 0 unspecified atom stereocenters. The first kappa shape index (κ1) is 22.2. The van der Waals surface area contributed by atoms with Crippen LogP contribution in [0, 0.1) is 0 Å². The molecule has 0 aliphatic heterocycles. The van der Waals surface area contributed by atoms with Gasteiger partial charge in [0.2, 0.25) is 0 Å². The molecule has 0 aliphatic carbocycles. The Labute approximate surface area is 185 Å². The van der Waals surface area contributed by atoms with Gasteiger partial charge < -0.3 is 15.3 Å². The van der Waals surface area contributed by atoms with E-state index in [1.807, 2.05) is 13.0 Å². The van der Waals surface area contributed by atoms with Gasteiger partial charge in [0.25, 0.3) is 11.8 Å². The van der Waals surface area contributed by atoms with E-state index in [2.05, 4.69) is 15.6 Å². The number of anilines is 3. The van der Waals surface area contributed by atoms with Crippen molar-refractivity contribution in [1.29, 1.82) is 0 Å². The normalized spacial score (nSPS) is 10.5. The minimum absolute atomic E-state index is 0.176. The van der Waals surface area contributed by atoms with Crippen LogP contribution >= 0.6 is 0 Å². The van der Waals surface area contributed by atoms with E-state index < -0.39 is 6.09 Å². The van der Waals surface area contributed by atoms with Crippen molar-refractivity contribution in [2.45, 2.75) is 6.92 Å². The summed E-state index contributed by atoms with van der Waals surface area (Å²) in [6.45, 7) is 2.39. The maximum absolute atomic E-state index is 12.5. The Balaban J connectivity index is 1.67. The Morgan fingerprint density at radius 1 is 0.969 bits per heavy atom. The van der Waals surface area contributed by atoms with Crippen molar-refractivity contribution in [2.75, 3.05) is 22.1 Å². The molecule has 3 rings (SSSR count). The van der Waals surface area contributed by atoms with E-state index in [4.69, 9.17) is 5.11 Å². The number of likely N-dealkylation sites (N-methyl/N-ethyl adjacent to an activating group) is 1. The molecule has 1 heterocycles. The first-order chi connectivity index (χ1) is 15.5. The van der Waals surface area contributed by atoms with Gasteiger partial charge in [0.15, 0.2) is 0 Å². The zero-order chi connectivity index (χ0) is 22.9. The lowest BCUT2D eigenvalue weighted by Crippen LogP contribution is -2.28. The summed E-state index contributed by atoms with van der Waals surface area (Å²) in [6, 6.07) is 16.8. The second-order valence-electron chi connectivity index (χ2n) is 6.68. The summed E-state index contributed by atoms with van der Waals surface area (Å²) in [5.41, 5.74) is 2.49. The van der Waals surface area contributed by atoms with Crippen LogP contribution < -0.4 is 15.5 Å². The van der Waals surface area contributed by atoms with Crippen LogP contribution in [-0.4, -0.2) is 34.5 Å². The number of rotatable bonds is 7. The molecule has 0 saturated heterocycles. The number of nitrogens with zero attached hydrogens (tertiary/aromatic N) is 2. The summed E-state index contributed by atoms with van der Waals surface area (Å²) in [5.74, 6) is -0.560. The summed E-state index contributed by atoms with van der Waals surface area (Å²) in [5, 5.41) is 13.9. The van der Waals surface area contributed by atoms with Crippen molar-refractivity contribution in [3.8, 4) is 0 Å². The number of pyridine rings is 1. The van der Waals surface area contributed by atoms with Crippen LogP contribution in [0.5, 0.6) is 0 Å². The van der Waals surface area contributed by atoms with Gasteiger partial charge in [-0.2, -0.15) is 0 Å². The van der Waals surface area contributed by atoms with Crippen molar-refractivity contribution < 1.29 is 19.5 Å². The topological polar surface area (TPSA) is 112 Å². The molecular weight excluding hydrogens is 408 g/mol. The first-order valence-corrected chi connectivity index (χ1v) is 9.88. The fourth-order valence-electron chi connectivity index (χ4n) is 2.99. The lowest BCUT2D eigenvalue weighted by atomic mass is 10.1. The van der Waals surface area contributed by atoms with E-state index in [1.54, 1.807) is 78.0 Å². The number of nitrogens with one attached hydrogen (secondary N) is 2. The van der Waals surface area contributed by atoms with Gasteiger partial charge in [-0.1, -0.05) is 24.3 Å². The summed E-state index contributed by atoms with van der Waals surface area (Å²) in [7, 11) is 0. The van der Waals surface area contributed by atoms with Crippen molar-refractivity contribution >= 4 is 41.0 Å². The fourth-order valence-corrected chi connectivity index (χ4v) is 2.99. The van der Waals surface area contributed by atoms with Crippen LogP contribution in [0.3, 0.4) is 0 Å². The third-order valence-electron chi connectivity index (χ3n) is 4.55. The third kappa shape index (κ3) is 5.79. The van der Waals surface area contributed by atoms with Gasteiger partial charge in [-0.05, 0) is 55.0 Å². The monoisotopic (exact) mass is 430 g/mol. The van der Waals surface area contributed by atoms with E-state index >= 15 is 0 Å². The molecule has 3 N–H and O–H groups in total. The molecule has 32 heavy (non-hydrogen) atoms. The maximum Gasteiger partial charge on any atom is 0.409 e. The summed E-state index contributed by atoms with van der Waals surface area (Å²) in [6.07, 6.45) is 5.21. The molecular formula is C24H22N4O4. The van der Waals surface area contributed by atoms with Gasteiger partial charge in [-0.15, -0.1) is 0 Å². The van der Waals surface area contributed by atoms with Gasteiger partial charge in [0, 0.05) is 24.4 Å². The number of hydrogen-bond acceptors (Lipinski definition) is 4. The zero-order valence-corrected chi connectivity index (χ0v) is 17.4. The molecule has 2 aromatic carbocycles. The number of carbonyl (C=O) groups is 3. The van der Waals surface area contributed by atoms with Crippen molar-refractivity contribution in [1.82, 2.24) is 4.98 Å². The van der Waals surface area contributed by atoms with Crippen LogP contribution in [-0.2, 0) is 4.79 Å². The van der Waals surface area contributed by atoms with E-state index in [0.29, 0.717) is 23.5 Å². The van der Waals surface area contributed by atoms with Gasteiger partial charge in [0.05, 0.1) is 23.3 Å². The molecule has 0 atom stereocenters. The summed E-state index contributed by atoms with van der Waals surface area (Å²) < 4.78 is 0. The van der Waals surface area contributed by atoms with Crippen LogP contribution in [0.15, 0.2) is 79.1 Å². The number of para-hydroxylation sites is 2. The molecule has 0 radical (unpaired) electrons. The molecule has 0 bridgehead atoms. The number of amides is 3. The smallest absolute Gasteiger partial charge is 0.409 e. The highest BCUT2D eigenvalue weighted by Crippen LogP contribution is 2.22. The highest BCUT2D eigenvalue weighted by Gasteiger charge is 2.12. The SMILES string of the molecule is CCN(C(=O)C=Cc1ccc(C(=O)Nc2ccccc2NC(=O)O)cc1)c1cccnc1. The molecule has 162 valence electrons. The van der Waals surface area contributed by atoms with Crippen molar-refractivity contribution in [3.63, 3.8) is 0 Å². The highest BCUT2D eigenvalue weighted by molar-refractivity contribution is 6.07. The Hall–Kier alpha value is -4.46. The number of carboxylic acid groups (broad SMARTS) is 1. The van der Waals surface area contributed by atoms with Gasteiger partial charge in [0.1, 0.15) is 0 Å². The Bertz CT molecular complexity index is 1130. The predicted molar refractivity (Wildman–Crippen MR) is 124 cm³/mol. The second kappa shape index (κ2) is 10.5. The maximum atomic E-state index is 12.5. The van der Waals surface area contributed by atoms with Crippen LogP contribution in [0.1, 0.15) is 22.8 Å². The first-order valence-electron chi connectivity index (χ1n) is 9.88. The van der Waals surface area contributed by atoms with Crippen LogP contribution in [0.25, 0.3) is 6.08 Å². The number of aromatic nitrogens is 1. The average Bonchev–Trinajstić information content (AvgIpc) is 2.80. The van der Waals surface area contributed by atoms with E-state index in [9.17, 15) is 14.4 Å². The molecule has 3 amide bonds. The fraction of sp³-hybridized carbons (Fsp3) is 0.0833. The summed E-state index contributed by atoms with van der Waals surface area (Å²) >= 11 is 0. The number of carbonyl (C=O) groups excluding carboxylic acids is 2. The van der Waals surface area contributed by atoms with E-state index in [-0.39, 0.29) is 17.5 Å². The molecule has 0 aliphatic rings. The van der Waals surface area contributed by atoms with Crippen molar-refractivity contribution in [3.05, 3.63) is 90.3 Å². The molecule has 0 spiro atoms. The highest BCUT2D eigenvalue weighted by atomic mass is 16.4. The number of benzene rings is 2. The standard InChI is InChI=1S/C24H22N4O4/c1-2-28(19-6-5-15-25-16-19)22(29)14-11-17-9-12-18(13-10-17)23(30)26-20-7-3-4-8-21(20)27-24(31)32/h3-16,27H,2H2,1H3,(H,26,30)(H,31,32). The third-order valence-corrected chi connectivity index (χ3v) is 4.55. The van der Waals surface area contributed by atoms with Gasteiger partial charge in [-0.25, -0.2) is 4.79 Å². The van der Waals surface area contributed by atoms with Crippen molar-refractivity contribution in [2.24, 2.45) is 0 Å². The molecule has 3 aromatic rings. The lowest BCUT2D eigenvalue weighted by Gasteiger charge is -2.18. The molecule has 1 aromatic heterocycles. The lowest BCUT2D eigenvalue weighted by molar-refractivity contribution is -0.114. The Morgan fingerprint density at radius 2 is 1.66 bits per heavy atom. The quantitative estimate of drug-likeness (QED) is 0.478. The van der Waals surface area contributed by atoms with E-state index in [0.717, 1.165) is 5.56 Å². The van der Waals surface area contributed by atoms with Crippen LogP contribution in [0.2, 0.25) is 0 Å². The predicted octanol–water partition coefficient (Wildman–Crippen LogP) is 4.49. The Morgan fingerprint density at radius 3 is 2.25 bits per heavy atom. The van der Waals surface area contributed by atoms with Gasteiger partial charge >= 0.3 is 6.09 Å². The molecule has 8 heteroatoms. The largest absolute Gasteiger partial charge is 0.465 e.